The van der Waals surface area contributed by atoms with E-state index in [-0.39, 0.29) is 17.9 Å². The topological polar surface area (TPSA) is 68.5 Å². The molecule has 3 aromatic rings. The number of hydrogen-bond donors (Lipinski definition) is 1. The van der Waals surface area contributed by atoms with E-state index in [2.05, 4.69) is 12.2 Å². The summed E-state index contributed by atoms with van der Waals surface area (Å²) in [6.07, 6.45) is 18.5. The van der Waals surface area contributed by atoms with E-state index in [4.69, 9.17) is 9.15 Å². The molecule has 1 aromatic heterocycles. The van der Waals surface area contributed by atoms with Crippen LogP contribution in [-0.4, -0.2) is 19.1 Å². The number of ether oxygens (including phenoxy) is 1. The first-order valence-corrected chi connectivity index (χ1v) is 14.7. The van der Waals surface area contributed by atoms with Gasteiger partial charge in [-0.25, -0.2) is 0 Å². The fraction of sp³-hybridized carbons (Fsp3) is 0.515. The largest absolute Gasteiger partial charge is 0.484 e. The molecule has 0 spiro atoms. The quantitative estimate of drug-likeness (QED) is 0.161. The normalized spacial score (nSPS) is 11.1. The zero-order valence-electron chi connectivity index (χ0n) is 23.1. The van der Waals surface area contributed by atoms with Crippen LogP contribution in [0.1, 0.15) is 96.8 Å². The van der Waals surface area contributed by atoms with Gasteiger partial charge < -0.3 is 14.5 Å². The molecule has 0 unspecified atom stereocenters. The number of benzene rings is 2. The van der Waals surface area contributed by atoms with Crippen molar-refractivity contribution in [1.82, 2.24) is 5.32 Å². The smallest absolute Gasteiger partial charge is 0.257 e. The highest BCUT2D eigenvalue weighted by molar-refractivity contribution is 5.80. The molecular weight excluding hydrogens is 474 g/mol. The predicted molar refractivity (Wildman–Crippen MR) is 157 cm³/mol. The maximum Gasteiger partial charge on any atom is 0.257 e. The van der Waals surface area contributed by atoms with E-state index in [0.29, 0.717) is 29.0 Å². The van der Waals surface area contributed by atoms with E-state index in [1.54, 1.807) is 18.2 Å². The standard InChI is InChI=1S/C33H45NO4/c1-2-3-4-5-6-7-8-9-10-11-12-13-14-18-23-34-33(36)26-37-28-21-22-29-30(35)25-31(38-32(29)24-28)27-19-16-15-17-20-27/h15-17,19-22,24-25H,2-14,18,23,26H2,1H3,(H,34,36). The maximum atomic E-state index is 12.5. The Bertz CT molecular complexity index is 1140. The Morgan fingerprint density at radius 2 is 1.37 bits per heavy atom. The van der Waals surface area contributed by atoms with Crippen LogP contribution < -0.4 is 15.5 Å². The molecule has 5 nitrogen and oxygen atoms in total. The van der Waals surface area contributed by atoms with Crippen molar-refractivity contribution in [3.63, 3.8) is 0 Å². The Morgan fingerprint density at radius 3 is 2.00 bits per heavy atom. The van der Waals surface area contributed by atoms with Gasteiger partial charge in [-0.1, -0.05) is 121 Å². The molecule has 5 heteroatoms. The molecule has 0 aliphatic heterocycles. The number of carbonyl (C=O) groups excluding carboxylic acids is 1. The number of nitrogens with one attached hydrogen (secondary N) is 1. The monoisotopic (exact) mass is 519 g/mol. The van der Waals surface area contributed by atoms with Crippen LogP contribution in [0.3, 0.4) is 0 Å². The number of amides is 1. The minimum absolute atomic E-state index is 0.0628. The zero-order valence-corrected chi connectivity index (χ0v) is 23.1. The van der Waals surface area contributed by atoms with Gasteiger partial charge in [0, 0.05) is 24.2 Å². The summed E-state index contributed by atoms with van der Waals surface area (Å²) in [5.74, 6) is 0.864. The summed E-state index contributed by atoms with van der Waals surface area (Å²) in [6.45, 7) is 2.88. The fourth-order valence-corrected chi connectivity index (χ4v) is 4.72. The van der Waals surface area contributed by atoms with Crippen LogP contribution >= 0.6 is 0 Å². The minimum atomic E-state index is -0.140. The third-order valence-electron chi connectivity index (χ3n) is 6.98. The number of carbonyl (C=O) groups is 1. The molecule has 0 aliphatic rings. The molecule has 0 aliphatic carbocycles. The third kappa shape index (κ3) is 10.7. The van der Waals surface area contributed by atoms with Gasteiger partial charge in [-0.15, -0.1) is 0 Å². The summed E-state index contributed by atoms with van der Waals surface area (Å²) >= 11 is 0. The van der Waals surface area contributed by atoms with E-state index in [1.807, 2.05) is 30.3 Å². The second kappa shape index (κ2) is 17.4. The van der Waals surface area contributed by atoms with Crippen molar-refractivity contribution >= 4 is 16.9 Å². The van der Waals surface area contributed by atoms with E-state index in [0.717, 1.165) is 18.4 Å². The molecule has 2 aromatic carbocycles. The Hall–Kier alpha value is -3.08. The van der Waals surface area contributed by atoms with Crippen LogP contribution in [0.15, 0.2) is 63.8 Å². The molecule has 0 bridgehead atoms. The first-order chi connectivity index (χ1) is 18.7. The van der Waals surface area contributed by atoms with E-state index >= 15 is 0 Å². The van der Waals surface area contributed by atoms with E-state index in [1.165, 1.54) is 83.1 Å². The van der Waals surface area contributed by atoms with Gasteiger partial charge in [-0.3, -0.25) is 9.59 Å². The van der Waals surface area contributed by atoms with Crippen molar-refractivity contribution in [2.75, 3.05) is 13.2 Å². The van der Waals surface area contributed by atoms with E-state index in [9.17, 15) is 9.59 Å². The predicted octanol–water partition coefficient (Wildman–Crippen LogP) is 8.44. The van der Waals surface area contributed by atoms with Crippen LogP contribution in [0, 0.1) is 0 Å². The number of hydrogen-bond acceptors (Lipinski definition) is 4. The number of unbranched alkanes of at least 4 members (excludes halogenated alkanes) is 13. The molecule has 3 rings (SSSR count). The van der Waals surface area contributed by atoms with Gasteiger partial charge in [0.25, 0.3) is 5.91 Å². The van der Waals surface area contributed by atoms with Crippen LogP contribution in [0.5, 0.6) is 5.75 Å². The van der Waals surface area contributed by atoms with Crippen molar-refractivity contribution in [2.45, 2.75) is 96.8 Å². The molecule has 38 heavy (non-hydrogen) atoms. The van der Waals surface area contributed by atoms with Gasteiger partial charge in [0.05, 0.1) is 5.39 Å². The maximum absolute atomic E-state index is 12.5. The number of rotatable bonds is 19. The zero-order chi connectivity index (χ0) is 26.8. The van der Waals surface area contributed by atoms with Gasteiger partial charge in [-0.05, 0) is 18.6 Å². The second-order valence-electron chi connectivity index (χ2n) is 10.2. The molecule has 1 N–H and O–H groups in total. The highest BCUT2D eigenvalue weighted by atomic mass is 16.5. The van der Waals surface area contributed by atoms with Gasteiger partial charge in [-0.2, -0.15) is 0 Å². The SMILES string of the molecule is CCCCCCCCCCCCCCCCNC(=O)COc1ccc2c(=O)cc(-c3ccccc3)oc2c1. The first kappa shape index (κ1) is 29.5. The van der Waals surface area contributed by atoms with Gasteiger partial charge in [0.15, 0.2) is 12.0 Å². The Kier molecular flexibility index (Phi) is 13.5. The second-order valence-corrected chi connectivity index (χ2v) is 10.2. The van der Waals surface area contributed by atoms with Gasteiger partial charge in [0.2, 0.25) is 0 Å². The Morgan fingerprint density at radius 1 is 0.763 bits per heavy atom. The Balaban J connectivity index is 1.25. The molecule has 0 fully saturated rings. The lowest BCUT2D eigenvalue weighted by molar-refractivity contribution is -0.123. The molecule has 1 heterocycles. The van der Waals surface area contributed by atoms with Crippen molar-refractivity contribution in [2.24, 2.45) is 0 Å². The fourth-order valence-electron chi connectivity index (χ4n) is 4.72. The molecular formula is C33H45NO4. The summed E-state index contributed by atoms with van der Waals surface area (Å²) in [7, 11) is 0. The average molecular weight is 520 g/mol. The molecule has 0 radical (unpaired) electrons. The lowest BCUT2D eigenvalue weighted by Crippen LogP contribution is -2.29. The highest BCUT2D eigenvalue weighted by Gasteiger charge is 2.09. The third-order valence-corrected chi connectivity index (χ3v) is 6.98. The van der Waals surface area contributed by atoms with Crippen LogP contribution in [0.4, 0.5) is 0 Å². The van der Waals surface area contributed by atoms with Gasteiger partial charge in [0.1, 0.15) is 17.1 Å². The van der Waals surface area contributed by atoms with Crippen molar-refractivity contribution < 1.29 is 13.9 Å². The summed E-state index contributed by atoms with van der Waals surface area (Å²) in [4.78, 5) is 24.7. The Labute approximate surface area is 228 Å². The molecule has 206 valence electrons. The molecule has 0 saturated carbocycles. The minimum Gasteiger partial charge on any atom is -0.484 e. The summed E-state index contributed by atoms with van der Waals surface area (Å²) in [6, 6.07) is 16.1. The summed E-state index contributed by atoms with van der Waals surface area (Å²) in [5.41, 5.74) is 1.17. The van der Waals surface area contributed by atoms with Crippen LogP contribution in [0.2, 0.25) is 0 Å². The van der Waals surface area contributed by atoms with Crippen molar-refractivity contribution in [3.8, 4) is 17.1 Å². The molecule has 1 amide bonds. The molecule has 0 saturated heterocycles. The van der Waals surface area contributed by atoms with Gasteiger partial charge >= 0.3 is 0 Å². The average Bonchev–Trinajstić information content (AvgIpc) is 2.94. The summed E-state index contributed by atoms with van der Waals surface area (Å²) < 4.78 is 11.6. The van der Waals surface area contributed by atoms with Crippen molar-refractivity contribution in [3.05, 3.63) is 64.8 Å². The molecule has 0 atom stereocenters. The van der Waals surface area contributed by atoms with Crippen molar-refractivity contribution in [1.29, 1.82) is 0 Å². The summed E-state index contributed by atoms with van der Waals surface area (Å²) in [5, 5.41) is 3.42. The highest BCUT2D eigenvalue weighted by Crippen LogP contribution is 2.24. The lowest BCUT2D eigenvalue weighted by atomic mass is 10.0. The number of fused-ring (bicyclic) bond motifs is 1. The van der Waals surface area contributed by atoms with Crippen LogP contribution in [0.25, 0.3) is 22.3 Å². The van der Waals surface area contributed by atoms with E-state index < -0.39 is 0 Å². The van der Waals surface area contributed by atoms with Crippen LogP contribution in [-0.2, 0) is 4.79 Å². The lowest BCUT2D eigenvalue weighted by Gasteiger charge is -2.09. The first-order valence-electron chi connectivity index (χ1n) is 14.7.